The number of carbonyl (C=O) groups excluding carboxylic acids is 1. The van der Waals surface area contributed by atoms with Crippen LogP contribution in [0.25, 0.3) is 22.2 Å². The molecule has 0 saturated heterocycles. The zero-order valence-electron chi connectivity index (χ0n) is 22.3. The Hall–Kier alpha value is -2.86. The third kappa shape index (κ3) is 4.94. The molecule has 1 saturated carbocycles. The minimum Gasteiger partial charge on any atom is -0.354 e. The first kappa shape index (κ1) is 25.2. The number of rotatable bonds is 6. The molecule has 1 aromatic carbocycles. The van der Waals surface area contributed by atoms with Gasteiger partial charge in [-0.25, -0.2) is 0 Å². The van der Waals surface area contributed by atoms with E-state index in [0.717, 1.165) is 53.6 Å². The summed E-state index contributed by atoms with van der Waals surface area (Å²) in [6.07, 6.45) is 6.42. The summed E-state index contributed by atoms with van der Waals surface area (Å²) in [6, 6.07) is 7.31. The van der Waals surface area contributed by atoms with Crippen LogP contribution in [0.3, 0.4) is 0 Å². The van der Waals surface area contributed by atoms with E-state index < -0.39 is 0 Å². The summed E-state index contributed by atoms with van der Waals surface area (Å²) in [4.78, 5) is 29.7. The summed E-state index contributed by atoms with van der Waals surface area (Å²) in [5.74, 6) is 1.02. The SMILES string of the molecule is Cc1c(-c2[nH]c3ccc(C4CCC(NCC(=O)N(C)C)CC4)cc3c2C(C)C)cn(C)c(=O)c1C. The van der Waals surface area contributed by atoms with Gasteiger partial charge in [-0.05, 0) is 80.2 Å². The van der Waals surface area contributed by atoms with Gasteiger partial charge in [0, 0.05) is 55.4 Å². The average Bonchev–Trinajstić information content (AvgIpc) is 3.22. The molecule has 0 atom stereocenters. The molecule has 0 unspecified atom stereocenters. The number of hydrogen-bond acceptors (Lipinski definition) is 3. The Balaban J connectivity index is 1.62. The van der Waals surface area contributed by atoms with Crippen LogP contribution in [0, 0.1) is 13.8 Å². The molecule has 1 amide bonds. The van der Waals surface area contributed by atoms with Gasteiger partial charge in [0.2, 0.25) is 5.91 Å². The third-order valence-corrected chi connectivity index (χ3v) is 7.88. The Kier molecular flexibility index (Phi) is 7.22. The van der Waals surface area contributed by atoms with E-state index in [1.54, 1.807) is 23.6 Å². The number of benzene rings is 1. The topological polar surface area (TPSA) is 70.1 Å². The zero-order valence-corrected chi connectivity index (χ0v) is 22.3. The van der Waals surface area contributed by atoms with Crippen molar-refractivity contribution in [2.24, 2.45) is 7.05 Å². The van der Waals surface area contributed by atoms with Gasteiger partial charge in [0.05, 0.1) is 12.2 Å². The standard InChI is InChI=1S/C29H40N4O2/c1-17(2)27-23-14-21(20-8-11-22(12-9-20)30-15-26(34)32(5)6)10-13-25(23)31-28(27)24-16-33(7)29(35)19(4)18(24)3/h10,13-14,16-17,20,22,30-31H,8-9,11-12,15H2,1-7H3. The highest BCUT2D eigenvalue weighted by Gasteiger charge is 2.25. The van der Waals surface area contributed by atoms with E-state index in [0.29, 0.717) is 24.4 Å². The molecule has 35 heavy (non-hydrogen) atoms. The first-order chi connectivity index (χ1) is 16.6. The van der Waals surface area contributed by atoms with Gasteiger partial charge in [-0.3, -0.25) is 9.59 Å². The molecule has 1 fully saturated rings. The van der Waals surface area contributed by atoms with Gasteiger partial charge in [0.25, 0.3) is 5.56 Å². The third-order valence-electron chi connectivity index (χ3n) is 7.88. The number of pyridine rings is 1. The predicted molar refractivity (Wildman–Crippen MR) is 144 cm³/mol. The lowest BCUT2D eigenvalue weighted by Crippen LogP contribution is -2.40. The second-order valence-corrected chi connectivity index (χ2v) is 10.8. The van der Waals surface area contributed by atoms with Crippen LogP contribution in [-0.2, 0) is 11.8 Å². The maximum atomic E-state index is 12.4. The van der Waals surface area contributed by atoms with E-state index in [1.807, 2.05) is 27.1 Å². The van der Waals surface area contributed by atoms with Crippen molar-refractivity contribution in [1.82, 2.24) is 19.8 Å². The van der Waals surface area contributed by atoms with Crippen molar-refractivity contribution in [3.63, 3.8) is 0 Å². The van der Waals surface area contributed by atoms with E-state index in [-0.39, 0.29) is 11.5 Å². The molecule has 0 radical (unpaired) electrons. The van der Waals surface area contributed by atoms with Crippen molar-refractivity contribution < 1.29 is 4.79 Å². The molecular weight excluding hydrogens is 436 g/mol. The molecule has 2 aromatic heterocycles. The van der Waals surface area contributed by atoms with E-state index in [1.165, 1.54) is 16.5 Å². The average molecular weight is 477 g/mol. The normalized spacial score (nSPS) is 18.4. The molecule has 1 aliphatic carbocycles. The number of hydrogen-bond donors (Lipinski definition) is 2. The molecule has 3 aromatic rings. The van der Waals surface area contributed by atoms with Crippen molar-refractivity contribution in [2.75, 3.05) is 20.6 Å². The smallest absolute Gasteiger partial charge is 0.253 e. The number of nitrogens with one attached hydrogen (secondary N) is 2. The quantitative estimate of drug-likeness (QED) is 0.527. The van der Waals surface area contributed by atoms with E-state index >= 15 is 0 Å². The Labute approximate surface area is 208 Å². The number of fused-ring (bicyclic) bond motifs is 1. The first-order valence-electron chi connectivity index (χ1n) is 12.8. The fraction of sp³-hybridized carbons (Fsp3) is 0.517. The molecule has 0 bridgehead atoms. The number of aromatic nitrogens is 2. The number of aryl methyl sites for hydroxylation is 1. The highest BCUT2D eigenvalue weighted by atomic mass is 16.2. The highest BCUT2D eigenvalue weighted by Crippen LogP contribution is 2.40. The lowest BCUT2D eigenvalue weighted by atomic mass is 9.81. The maximum absolute atomic E-state index is 12.4. The zero-order chi connectivity index (χ0) is 25.4. The predicted octanol–water partition coefficient (Wildman–Crippen LogP) is 4.98. The van der Waals surface area contributed by atoms with Crippen molar-refractivity contribution >= 4 is 16.8 Å². The van der Waals surface area contributed by atoms with Crippen LogP contribution in [0.4, 0.5) is 0 Å². The van der Waals surface area contributed by atoms with Gasteiger partial charge in [0.1, 0.15) is 0 Å². The number of carbonyl (C=O) groups is 1. The van der Waals surface area contributed by atoms with Crippen LogP contribution in [-0.4, -0.2) is 47.0 Å². The first-order valence-corrected chi connectivity index (χ1v) is 12.8. The lowest BCUT2D eigenvalue weighted by Gasteiger charge is -2.29. The summed E-state index contributed by atoms with van der Waals surface area (Å²) in [6.45, 7) is 8.87. The molecule has 2 heterocycles. The van der Waals surface area contributed by atoms with E-state index in [4.69, 9.17) is 0 Å². The fourth-order valence-electron chi connectivity index (χ4n) is 5.55. The summed E-state index contributed by atoms with van der Waals surface area (Å²) >= 11 is 0. The van der Waals surface area contributed by atoms with E-state index in [9.17, 15) is 9.59 Å². The molecule has 6 heteroatoms. The van der Waals surface area contributed by atoms with Crippen LogP contribution >= 0.6 is 0 Å². The van der Waals surface area contributed by atoms with Crippen molar-refractivity contribution in [3.8, 4) is 11.3 Å². The van der Waals surface area contributed by atoms with Gasteiger partial charge in [-0.15, -0.1) is 0 Å². The monoisotopic (exact) mass is 476 g/mol. The second-order valence-electron chi connectivity index (χ2n) is 10.8. The van der Waals surface area contributed by atoms with Gasteiger partial charge >= 0.3 is 0 Å². The van der Waals surface area contributed by atoms with Gasteiger partial charge < -0.3 is 19.8 Å². The number of H-pyrrole nitrogens is 1. The summed E-state index contributed by atoms with van der Waals surface area (Å²) in [5.41, 5.74) is 8.01. The molecule has 0 aliphatic heterocycles. The Morgan fingerprint density at radius 1 is 1.14 bits per heavy atom. The van der Waals surface area contributed by atoms with Gasteiger partial charge in [-0.1, -0.05) is 19.9 Å². The second kappa shape index (κ2) is 10.0. The minimum absolute atomic E-state index is 0.0620. The van der Waals surface area contributed by atoms with Crippen LogP contribution in [0.15, 0.2) is 29.2 Å². The number of likely N-dealkylation sites (N-methyl/N-ethyl adjacent to an activating group) is 1. The molecule has 0 spiro atoms. The van der Waals surface area contributed by atoms with Crippen LogP contribution in [0.2, 0.25) is 0 Å². The minimum atomic E-state index is 0.0620. The fourth-order valence-corrected chi connectivity index (χ4v) is 5.55. The van der Waals surface area contributed by atoms with Crippen LogP contribution in [0.1, 0.15) is 73.6 Å². The van der Waals surface area contributed by atoms with Crippen molar-refractivity contribution in [1.29, 1.82) is 0 Å². The molecule has 1 aliphatic rings. The van der Waals surface area contributed by atoms with Crippen LogP contribution < -0.4 is 10.9 Å². The maximum Gasteiger partial charge on any atom is 0.253 e. The number of nitrogens with zero attached hydrogens (tertiary/aromatic N) is 2. The highest BCUT2D eigenvalue weighted by molar-refractivity contribution is 5.92. The van der Waals surface area contributed by atoms with Gasteiger partial charge in [-0.2, -0.15) is 0 Å². The summed E-state index contributed by atoms with van der Waals surface area (Å²) in [5, 5.41) is 4.73. The summed E-state index contributed by atoms with van der Waals surface area (Å²) in [7, 11) is 5.43. The lowest BCUT2D eigenvalue weighted by molar-refractivity contribution is -0.127. The molecule has 4 rings (SSSR count). The van der Waals surface area contributed by atoms with Crippen molar-refractivity contribution in [3.05, 3.63) is 57.0 Å². The van der Waals surface area contributed by atoms with Crippen LogP contribution in [0.5, 0.6) is 0 Å². The van der Waals surface area contributed by atoms with Gasteiger partial charge in [0.15, 0.2) is 0 Å². The molecule has 2 N–H and O–H groups in total. The Morgan fingerprint density at radius 3 is 2.46 bits per heavy atom. The number of amides is 1. The summed E-state index contributed by atoms with van der Waals surface area (Å²) < 4.78 is 1.69. The Morgan fingerprint density at radius 2 is 1.83 bits per heavy atom. The Bertz CT molecular complexity index is 1290. The number of aromatic amines is 1. The largest absolute Gasteiger partial charge is 0.354 e. The van der Waals surface area contributed by atoms with Crippen molar-refractivity contribution in [2.45, 2.75) is 71.3 Å². The molecular formula is C29H40N4O2. The molecule has 188 valence electrons. The molecule has 6 nitrogen and oxygen atoms in total. The van der Waals surface area contributed by atoms with E-state index in [2.05, 4.69) is 42.3 Å².